The number of aryl methyl sites for hydroxylation is 1. The normalized spacial score (nSPS) is 14.6. The highest BCUT2D eigenvalue weighted by molar-refractivity contribution is 7.22. The zero-order chi connectivity index (χ0) is 20.1. The fraction of sp³-hybridized carbons (Fsp3) is 0.300. The van der Waals surface area contributed by atoms with Crippen LogP contribution in [0.3, 0.4) is 0 Å². The first-order valence-corrected chi connectivity index (χ1v) is 9.54. The van der Waals surface area contributed by atoms with Gasteiger partial charge in [0.2, 0.25) is 0 Å². The number of carbonyl (C=O) groups excluding carboxylic acids is 1. The van der Waals surface area contributed by atoms with Crippen LogP contribution >= 0.6 is 11.3 Å². The molecule has 0 saturated heterocycles. The summed E-state index contributed by atoms with van der Waals surface area (Å²) in [6.07, 6.45) is 0.763. The van der Waals surface area contributed by atoms with Crippen molar-refractivity contribution in [3.8, 4) is 11.5 Å². The quantitative estimate of drug-likeness (QED) is 0.690. The second-order valence-corrected chi connectivity index (χ2v) is 8.34. The Morgan fingerprint density at radius 1 is 1.36 bits per heavy atom. The first kappa shape index (κ1) is 18.6. The Hall–Kier alpha value is -2.74. The van der Waals surface area contributed by atoms with E-state index >= 15 is 0 Å². The van der Waals surface area contributed by atoms with Crippen molar-refractivity contribution in [2.45, 2.75) is 32.8 Å². The summed E-state index contributed by atoms with van der Waals surface area (Å²) < 4.78 is 39.6. The number of fused-ring (bicyclic) bond motifs is 2. The maximum Gasteiger partial charge on any atom is 0.264 e. The molecular weight excluding hydrogens is 386 g/mol. The molecular formula is C20H18F2N2O3S. The van der Waals surface area contributed by atoms with Crippen LogP contribution in [0.4, 0.5) is 13.9 Å². The summed E-state index contributed by atoms with van der Waals surface area (Å²) in [6.45, 7) is 5.19. The second kappa shape index (κ2) is 6.70. The van der Waals surface area contributed by atoms with Gasteiger partial charge in [-0.1, -0.05) is 23.5 Å². The lowest BCUT2D eigenvalue weighted by molar-refractivity contribution is -0.118. The molecule has 1 amide bonds. The fourth-order valence-electron chi connectivity index (χ4n) is 3.18. The number of rotatable bonds is 4. The van der Waals surface area contributed by atoms with E-state index in [1.54, 1.807) is 6.07 Å². The third kappa shape index (κ3) is 3.40. The molecule has 0 radical (unpaired) electrons. The van der Waals surface area contributed by atoms with Crippen molar-refractivity contribution in [3.63, 3.8) is 0 Å². The number of nitrogens with one attached hydrogen (secondary N) is 1. The molecule has 0 fully saturated rings. The summed E-state index contributed by atoms with van der Waals surface area (Å²) in [5.41, 5.74) is 0.807. The van der Waals surface area contributed by atoms with Crippen molar-refractivity contribution in [1.82, 2.24) is 4.98 Å². The number of aromatic nitrogens is 1. The summed E-state index contributed by atoms with van der Waals surface area (Å²) in [5, 5.41) is 2.75. The second-order valence-electron chi connectivity index (χ2n) is 7.31. The summed E-state index contributed by atoms with van der Waals surface area (Å²) in [4.78, 5) is 16.2. The summed E-state index contributed by atoms with van der Waals surface area (Å²) in [6, 6.07) is 7.06. The molecule has 0 unspecified atom stereocenters. The molecule has 28 heavy (non-hydrogen) atoms. The SMILES string of the molecule is Cc1cc2sc(NC(=O)COc3cccc4c3OC(C)(C)C4)nc2c(F)c1F. The van der Waals surface area contributed by atoms with Crippen molar-refractivity contribution >= 4 is 32.6 Å². The number of hydrogen-bond donors (Lipinski definition) is 1. The van der Waals surface area contributed by atoms with E-state index in [0.29, 0.717) is 16.2 Å². The predicted octanol–water partition coefficient (Wildman–Crippen LogP) is 4.61. The minimum absolute atomic E-state index is 0.0965. The van der Waals surface area contributed by atoms with Gasteiger partial charge in [0.1, 0.15) is 11.1 Å². The molecule has 0 saturated carbocycles. The van der Waals surface area contributed by atoms with Gasteiger partial charge < -0.3 is 9.47 Å². The molecule has 1 aliphatic rings. The maximum atomic E-state index is 14.0. The van der Waals surface area contributed by atoms with E-state index in [2.05, 4.69) is 10.3 Å². The molecule has 146 valence electrons. The third-order valence-electron chi connectivity index (χ3n) is 4.41. The van der Waals surface area contributed by atoms with Crippen molar-refractivity contribution in [2.75, 3.05) is 11.9 Å². The molecule has 3 aromatic rings. The van der Waals surface area contributed by atoms with Crippen LogP contribution in [0.1, 0.15) is 25.0 Å². The Morgan fingerprint density at radius 3 is 2.93 bits per heavy atom. The molecule has 4 rings (SSSR count). The lowest BCUT2D eigenvalue weighted by Crippen LogP contribution is -2.25. The number of amides is 1. The number of nitrogens with zero attached hydrogens (tertiary/aromatic N) is 1. The first-order valence-electron chi connectivity index (χ1n) is 8.72. The lowest BCUT2D eigenvalue weighted by atomic mass is 10.0. The molecule has 1 N–H and O–H groups in total. The first-order chi connectivity index (χ1) is 13.2. The van der Waals surface area contributed by atoms with E-state index in [-0.39, 0.29) is 28.4 Å². The van der Waals surface area contributed by atoms with Gasteiger partial charge in [0.25, 0.3) is 5.91 Å². The molecule has 1 aromatic heterocycles. The number of ether oxygens (including phenoxy) is 2. The van der Waals surface area contributed by atoms with Gasteiger partial charge in [0.05, 0.1) is 4.70 Å². The van der Waals surface area contributed by atoms with Crippen LogP contribution in [0.5, 0.6) is 11.5 Å². The van der Waals surface area contributed by atoms with Gasteiger partial charge in [0, 0.05) is 12.0 Å². The minimum atomic E-state index is -1.01. The highest BCUT2D eigenvalue weighted by Crippen LogP contribution is 2.41. The molecule has 1 aliphatic heterocycles. The van der Waals surface area contributed by atoms with Crippen LogP contribution in [0.25, 0.3) is 10.2 Å². The number of thiazole rings is 1. The van der Waals surface area contributed by atoms with E-state index in [1.165, 1.54) is 13.0 Å². The Kier molecular flexibility index (Phi) is 4.45. The fourth-order valence-corrected chi connectivity index (χ4v) is 4.15. The Balaban J connectivity index is 1.46. The largest absolute Gasteiger partial charge is 0.483 e. The third-order valence-corrected chi connectivity index (χ3v) is 5.33. The number of hydrogen-bond acceptors (Lipinski definition) is 5. The average molecular weight is 404 g/mol. The molecule has 0 bridgehead atoms. The molecule has 0 atom stereocenters. The van der Waals surface area contributed by atoms with E-state index in [4.69, 9.17) is 9.47 Å². The van der Waals surface area contributed by atoms with E-state index < -0.39 is 17.5 Å². The summed E-state index contributed by atoms with van der Waals surface area (Å²) in [7, 11) is 0. The van der Waals surface area contributed by atoms with Gasteiger partial charge in [-0.25, -0.2) is 13.8 Å². The van der Waals surface area contributed by atoms with Gasteiger partial charge in [-0.15, -0.1) is 0 Å². The highest BCUT2D eigenvalue weighted by Gasteiger charge is 2.32. The van der Waals surface area contributed by atoms with Crippen molar-refractivity contribution in [1.29, 1.82) is 0 Å². The van der Waals surface area contributed by atoms with Crippen molar-refractivity contribution < 1.29 is 23.0 Å². The van der Waals surface area contributed by atoms with Gasteiger partial charge in [0.15, 0.2) is 34.9 Å². The number of halogens is 2. The van der Waals surface area contributed by atoms with Crippen LogP contribution in [-0.4, -0.2) is 23.1 Å². The molecule has 2 heterocycles. The predicted molar refractivity (Wildman–Crippen MR) is 103 cm³/mol. The number of anilines is 1. The van der Waals surface area contributed by atoms with Crippen molar-refractivity contribution in [2.24, 2.45) is 0 Å². The van der Waals surface area contributed by atoms with Gasteiger partial charge in [-0.05, 0) is 38.5 Å². The van der Waals surface area contributed by atoms with Crippen LogP contribution < -0.4 is 14.8 Å². The minimum Gasteiger partial charge on any atom is -0.483 e. The maximum absolute atomic E-state index is 14.0. The van der Waals surface area contributed by atoms with Gasteiger partial charge in [-0.3, -0.25) is 10.1 Å². The zero-order valence-electron chi connectivity index (χ0n) is 15.6. The molecule has 0 aliphatic carbocycles. The average Bonchev–Trinajstić information content (AvgIpc) is 3.16. The van der Waals surface area contributed by atoms with Gasteiger partial charge >= 0.3 is 0 Å². The zero-order valence-corrected chi connectivity index (χ0v) is 16.4. The van der Waals surface area contributed by atoms with Crippen LogP contribution in [0.15, 0.2) is 24.3 Å². The topological polar surface area (TPSA) is 60.5 Å². The van der Waals surface area contributed by atoms with E-state index in [9.17, 15) is 13.6 Å². The Labute approximate surface area is 164 Å². The van der Waals surface area contributed by atoms with E-state index in [0.717, 1.165) is 23.3 Å². The molecule has 2 aromatic carbocycles. The summed E-state index contributed by atoms with van der Waals surface area (Å²) in [5.74, 6) is -1.26. The van der Waals surface area contributed by atoms with Crippen LogP contribution in [0, 0.1) is 18.6 Å². The summed E-state index contributed by atoms with van der Waals surface area (Å²) >= 11 is 1.07. The Bertz CT molecular complexity index is 1090. The monoisotopic (exact) mass is 404 g/mol. The van der Waals surface area contributed by atoms with Crippen molar-refractivity contribution in [3.05, 3.63) is 47.0 Å². The van der Waals surface area contributed by atoms with Gasteiger partial charge in [-0.2, -0.15) is 0 Å². The Morgan fingerprint density at radius 2 is 2.14 bits per heavy atom. The molecule has 8 heteroatoms. The number of carbonyl (C=O) groups is 1. The van der Waals surface area contributed by atoms with E-state index in [1.807, 2.05) is 26.0 Å². The lowest BCUT2D eigenvalue weighted by Gasteiger charge is -2.18. The highest BCUT2D eigenvalue weighted by atomic mass is 32.1. The number of para-hydroxylation sites is 1. The number of benzene rings is 2. The standard InChI is InChI=1S/C20H18F2N2O3S/c1-10-7-13-17(16(22)15(10)21)24-19(28-13)23-14(25)9-26-12-6-4-5-11-8-20(2,3)27-18(11)12/h4-7H,8-9H2,1-3H3,(H,23,24,25). The molecule has 0 spiro atoms. The van der Waals surface area contributed by atoms with Crippen LogP contribution in [-0.2, 0) is 11.2 Å². The smallest absolute Gasteiger partial charge is 0.264 e. The van der Waals surface area contributed by atoms with Crippen LogP contribution in [0.2, 0.25) is 0 Å². The molecule has 5 nitrogen and oxygen atoms in total.